The van der Waals surface area contributed by atoms with Gasteiger partial charge in [-0.25, -0.2) is 32.8 Å². The Labute approximate surface area is 827 Å². The molecule has 0 unspecified atom stereocenters. The zero-order chi connectivity index (χ0) is 99.3. The lowest BCUT2D eigenvalue weighted by molar-refractivity contribution is 0.453. The van der Waals surface area contributed by atoms with Crippen molar-refractivity contribution in [3.05, 3.63) is 83.2 Å². The van der Waals surface area contributed by atoms with Gasteiger partial charge in [-0.15, -0.1) is 35.7 Å². The summed E-state index contributed by atoms with van der Waals surface area (Å²) < 4.78 is 14.7. The minimum absolute atomic E-state index is 0.636. The molecule has 776 valence electrons. The molecular formula is C113H219N21. The van der Waals surface area contributed by atoms with Crippen LogP contribution in [0.15, 0.2) is 43.4 Å². The second-order valence-corrected chi connectivity index (χ2v) is 45.7. The molecule has 0 spiro atoms. The van der Waals surface area contributed by atoms with Gasteiger partial charge in [-0.2, -0.15) is 0 Å². The molecule has 0 fully saturated rings. The lowest BCUT2D eigenvalue weighted by Crippen LogP contribution is -2.09. The van der Waals surface area contributed by atoms with Crippen molar-refractivity contribution in [1.82, 2.24) is 105 Å². The fourth-order valence-electron chi connectivity index (χ4n) is 16.4. The van der Waals surface area contributed by atoms with E-state index in [1.54, 1.807) is 0 Å². The fraction of sp³-hybridized carbons (Fsp3) is 0.876. The maximum Gasteiger partial charge on any atom is 0.0725 e. The molecule has 0 atom stereocenters. The lowest BCUT2D eigenvalue weighted by Gasteiger charge is -2.08. The molecule has 0 aliphatic heterocycles. The van der Waals surface area contributed by atoms with E-state index in [1.807, 2.05) is 43.4 Å². The van der Waals surface area contributed by atoms with E-state index in [1.165, 1.54) is 316 Å². The van der Waals surface area contributed by atoms with Gasteiger partial charge in [0.2, 0.25) is 0 Å². The van der Waals surface area contributed by atoms with E-state index in [0.29, 0.717) is 5.92 Å². The summed E-state index contributed by atoms with van der Waals surface area (Å²) in [6.07, 6.45) is 77.9. The Bertz CT molecular complexity index is 3480. The highest BCUT2D eigenvalue weighted by Gasteiger charge is 2.14. The predicted molar refractivity (Wildman–Crippen MR) is 572 cm³/mol. The first-order valence-corrected chi connectivity index (χ1v) is 56.3. The maximum absolute atomic E-state index is 4.23. The van der Waals surface area contributed by atoms with Crippen LogP contribution in [0.1, 0.15) is 510 Å². The Hall–Kier alpha value is -6.02. The van der Waals surface area contributed by atoms with Gasteiger partial charge in [-0.1, -0.05) is 417 Å². The van der Waals surface area contributed by atoms with Crippen molar-refractivity contribution in [1.29, 1.82) is 0 Å². The van der Waals surface area contributed by atoms with Crippen LogP contribution in [-0.4, -0.2) is 105 Å². The van der Waals surface area contributed by atoms with E-state index in [0.717, 1.165) is 168 Å². The second-order valence-electron chi connectivity index (χ2n) is 45.7. The fourth-order valence-corrected chi connectivity index (χ4v) is 16.4. The molecule has 0 bridgehead atoms. The normalized spacial score (nSPS) is 11.7. The van der Waals surface area contributed by atoms with Gasteiger partial charge in [0.15, 0.2) is 0 Å². The van der Waals surface area contributed by atoms with Gasteiger partial charge in [-0.3, -0.25) is 0 Å². The van der Waals surface area contributed by atoms with Gasteiger partial charge >= 0.3 is 0 Å². The highest BCUT2D eigenvalue weighted by atomic mass is 15.5. The molecule has 21 nitrogen and oxygen atoms in total. The molecule has 0 saturated heterocycles. The number of aryl methyl sites for hydroxylation is 13. The van der Waals surface area contributed by atoms with Crippen LogP contribution in [-0.2, 0) is 90.8 Å². The average molecular weight is 1870 g/mol. The van der Waals surface area contributed by atoms with Crippen LogP contribution >= 0.6 is 0 Å². The molecule has 7 aromatic heterocycles. The number of aromatic nitrogens is 21. The molecular weight excluding hydrogens is 1650 g/mol. The summed E-state index contributed by atoms with van der Waals surface area (Å²) in [5, 5.41) is 57.8. The molecule has 0 aliphatic carbocycles. The third-order valence-corrected chi connectivity index (χ3v) is 25.1. The van der Waals surface area contributed by atoms with Crippen molar-refractivity contribution >= 4 is 0 Å². The van der Waals surface area contributed by atoms with E-state index < -0.39 is 0 Å². The van der Waals surface area contributed by atoms with Crippen LogP contribution in [0.3, 0.4) is 0 Å². The highest BCUT2D eigenvalue weighted by molar-refractivity contribution is 4.99. The summed E-state index contributed by atoms with van der Waals surface area (Å²) >= 11 is 0. The first-order chi connectivity index (χ1) is 64.1. The van der Waals surface area contributed by atoms with Crippen LogP contribution in [0.5, 0.6) is 0 Å². The topological polar surface area (TPSA) is 215 Å². The third kappa shape index (κ3) is 74.1. The number of hydrogen-bond acceptors (Lipinski definition) is 14. The molecule has 0 radical (unpaired) electrons. The molecule has 21 heteroatoms. The Morgan fingerprint density at radius 3 is 0.545 bits per heavy atom. The number of hydrogen-bond donors (Lipinski definition) is 0. The number of nitrogens with zero attached hydrogens (tertiary/aromatic N) is 21. The lowest BCUT2D eigenvalue weighted by atomic mass is 10.0. The Morgan fingerprint density at radius 2 is 0.291 bits per heavy atom. The SMILES string of the molecule is CC(C)CCCCCCCc1cnnn1CCC(C)C.CC(C)CCCCCCc1cnnn1CCCC(C)C.CC(C)CCCCCCn1nncc1CCCC(C)C.CC(C)CCCCCc1cnnn1CC(C)C.CC(C)CCCCCc1cnnn1CCCCC(C)C.CC(C)CCCCCn1nncc1CCCCC(C)C.CC(C)CCCCc1cnnn1CCC(C)C. The minimum Gasteiger partial charge on any atom is -0.249 e. The zero-order valence-electron chi connectivity index (χ0n) is 93.3. The summed E-state index contributed by atoms with van der Waals surface area (Å²) in [5.74, 6) is 11.2. The van der Waals surface area contributed by atoms with Gasteiger partial charge in [0, 0.05) is 45.8 Å². The van der Waals surface area contributed by atoms with Gasteiger partial charge in [0.1, 0.15) is 0 Å². The van der Waals surface area contributed by atoms with Gasteiger partial charge < -0.3 is 0 Å². The molecule has 7 heterocycles. The van der Waals surface area contributed by atoms with Crippen molar-refractivity contribution in [3.8, 4) is 0 Å². The zero-order valence-corrected chi connectivity index (χ0v) is 93.3. The van der Waals surface area contributed by atoms with E-state index >= 15 is 0 Å². The van der Waals surface area contributed by atoms with Gasteiger partial charge in [0.05, 0.1) is 83.2 Å². The quantitative estimate of drug-likeness (QED) is 0.0324. The molecule has 0 N–H and O–H groups in total. The van der Waals surface area contributed by atoms with Crippen molar-refractivity contribution in [3.63, 3.8) is 0 Å². The molecule has 0 aromatic carbocycles. The first-order valence-electron chi connectivity index (χ1n) is 56.3. The largest absolute Gasteiger partial charge is 0.249 e. The van der Waals surface area contributed by atoms with Crippen LogP contribution < -0.4 is 0 Å². The van der Waals surface area contributed by atoms with Crippen molar-refractivity contribution < 1.29 is 0 Å². The van der Waals surface area contributed by atoms with Crippen LogP contribution in [0.2, 0.25) is 0 Å². The van der Waals surface area contributed by atoms with E-state index in [4.69, 9.17) is 0 Å². The predicted octanol–water partition coefficient (Wildman–Crippen LogP) is 31.7. The first kappa shape index (κ1) is 126. The van der Waals surface area contributed by atoms with Gasteiger partial charge in [0.25, 0.3) is 0 Å². The summed E-state index contributed by atoms with van der Waals surface area (Å²) in [6, 6.07) is 0. The summed E-state index contributed by atoms with van der Waals surface area (Å²) in [7, 11) is 0. The monoisotopic (exact) mass is 1870 g/mol. The Morgan fingerprint density at radius 1 is 0.142 bits per heavy atom. The van der Waals surface area contributed by atoms with Crippen molar-refractivity contribution in [2.75, 3.05) is 0 Å². The molecule has 7 aromatic rings. The summed E-state index contributed by atoms with van der Waals surface area (Å²) in [5.41, 5.74) is 9.17. The minimum atomic E-state index is 0.636. The summed E-state index contributed by atoms with van der Waals surface area (Å²) in [6.45, 7) is 71.1. The summed E-state index contributed by atoms with van der Waals surface area (Å²) in [4.78, 5) is 0. The van der Waals surface area contributed by atoms with Crippen LogP contribution in [0.25, 0.3) is 0 Å². The molecule has 0 amide bonds. The molecule has 7 rings (SSSR count). The van der Waals surface area contributed by atoms with Gasteiger partial charge in [-0.05, 0) is 218 Å². The number of rotatable bonds is 71. The highest BCUT2D eigenvalue weighted by Crippen LogP contribution is 2.22. The molecule has 0 saturated carbocycles. The van der Waals surface area contributed by atoms with E-state index in [2.05, 4.69) is 299 Å². The van der Waals surface area contributed by atoms with Crippen molar-refractivity contribution in [2.24, 2.45) is 82.9 Å². The van der Waals surface area contributed by atoms with E-state index in [9.17, 15) is 0 Å². The van der Waals surface area contributed by atoms with E-state index in [-0.39, 0.29) is 0 Å². The molecule has 0 aliphatic rings. The van der Waals surface area contributed by atoms with Crippen LogP contribution in [0.4, 0.5) is 0 Å². The standard InChI is InChI=1S/5C17H33N3.2C14H27N3/c1-15(2)10-6-5-9-13-20-17(14-18-19-20)12-8-7-11-16(3)4;1-15(2)10-6-5-7-12-17-14-18-19-20(17)13-9-8-11-16(3)4;1-15(2)10-7-5-6-8-13-20-17(14-18-19-20)12-9-11-16(3)4;1-15(2)10-7-5-6-8-12-17-14-18-19-20(17)13-9-11-16(3)4;1-15(2)10-8-6-5-7-9-11-17-14-18-19-20(17)13-12-16(3)4;1-12(2)7-5-6-8-14-11-15-16-17(14)10-9-13(3)4;1-12(2)8-6-5-7-9-14-10-15-16-17(14)11-13(3)4/h5*14-16H,5-13H2,1-4H3;11-13H,5-10H2,1-4H3;10,12-13H,5-9,11H2,1-4H3. The Kier molecular flexibility index (Phi) is 77.9. The second kappa shape index (κ2) is 82.8. The smallest absolute Gasteiger partial charge is 0.0725 e. The Balaban J connectivity index is 0.000000782. The van der Waals surface area contributed by atoms with Crippen LogP contribution in [0, 0.1) is 82.9 Å². The molecule has 134 heavy (non-hydrogen) atoms. The third-order valence-electron chi connectivity index (χ3n) is 25.1. The average Bonchev–Trinajstić information content (AvgIpc) is 1.79. The van der Waals surface area contributed by atoms with Crippen molar-refractivity contribution in [2.45, 2.75) is 561 Å². The maximum atomic E-state index is 4.23. The number of unbranched alkanes of at least 4 members (excludes halogenated alkanes) is 19.